The number of nitrogens with zero attached hydrogens (tertiary/aromatic N) is 5. The van der Waals surface area contributed by atoms with Crippen LogP contribution in [0.4, 0.5) is 0 Å². The molecule has 0 aliphatic rings. The average molecular weight is 299 g/mol. The molecule has 104 valence electrons. The van der Waals surface area contributed by atoms with Crippen LogP contribution in [0.15, 0.2) is 58.7 Å². The number of pyridine rings is 1. The number of carboxylic acids is 1. The predicted molar refractivity (Wildman–Crippen MR) is 74.5 cm³/mol. The van der Waals surface area contributed by atoms with Crippen LogP contribution < -0.4 is 0 Å². The summed E-state index contributed by atoms with van der Waals surface area (Å²) in [6.45, 7) is 0. The lowest BCUT2D eigenvalue weighted by Gasteiger charge is -2.03. The Morgan fingerprint density at radius 2 is 1.90 bits per heavy atom. The zero-order valence-electron chi connectivity index (χ0n) is 10.6. The van der Waals surface area contributed by atoms with Crippen molar-refractivity contribution in [2.45, 2.75) is 10.2 Å². The molecule has 0 radical (unpaired) electrons. The quantitative estimate of drug-likeness (QED) is 0.786. The molecule has 0 bridgehead atoms. The van der Waals surface area contributed by atoms with E-state index in [1.54, 1.807) is 16.8 Å². The second kappa shape index (κ2) is 5.71. The molecule has 0 spiro atoms. The molecular formula is C13H9N5O2S. The molecule has 1 aromatic carbocycles. The minimum atomic E-state index is -1.07. The number of hydrogen-bond acceptors (Lipinski definition) is 6. The summed E-state index contributed by atoms with van der Waals surface area (Å²) in [6.07, 6.45) is 0. The molecule has 2 heterocycles. The van der Waals surface area contributed by atoms with Crippen LogP contribution in [-0.4, -0.2) is 36.3 Å². The van der Waals surface area contributed by atoms with Crippen molar-refractivity contribution in [1.29, 1.82) is 0 Å². The van der Waals surface area contributed by atoms with E-state index in [-0.39, 0.29) is 5.69 Å². The molecule has 0 saturated heterocycles. The zero-order valence-corrected chi connectivity index (χ0v) is 11.4. The molecule has 7 nitrogen and oxygen atoms in total. The first-order chi connectivity index (χ1) is 10.2. The Labute approximate surface area is 123 Å². The van der Waals surface area contributed by atoms with E-state index in [0.29, 0.717) is 10.2 Å². The van der Waals surface area contributed by atoms with Crippen LogP contribution in [0.25, 0.3) is 5.69 Å². The molecule has 0 aliphatic heterocycles. The first kappa shape index (κ1) is 13.3. The van der Waals surface area contributed by atoms with Gasteiger partial charge in [-0.25, -0.2) is 9.78 Å². The third-order valence-electron chi connectivity index (χ3n) is 2.58. The van der Waals surface area contributed by atoms with Crippen molar-refractivity contribution < 1.29 is 9.90 Å². The number of aromatic nitrogens is 5. The Balaban J connectivity index is 1.92. The summed E-state index contributed by atoms with van der Waals surface area (Å²) in [4.78, 5) is 15.0. The Kier molecular flexibility index (Phi) is 3.61. The summed E-state index contributed by atoms with van der Waals surface area (Å²) in [5.74, 6) is -1.07. The number of tetrazole rings is 1. The number of benzene rings is 1. The highest BCUT2D eigenvalue weighted by molar-refractivity contribution is 7.99. The van der Waals surface area contributed by atoms with Gasteiger partial charge in [-0.15, -0.1) is 5.10 Å². The van der Waals surface area contributed by atoms with Crippen molar-refractivity contribution in [2.75, 3.05) is 0 Å². The summed E-state index contributed by atoms with van der Waals surface area (Å²) in [5.41, 5.74) is 0.804. The average Bonchev–Trinajstić information content (AvgIpc) is 2.96. The fraction of sp³-hybridized carbons (Fsp3) is 0. The van der Waals surface area contributed by atoms with Gasteiger partial charge in [0.15, 0.2) is 0 Å². The summed E-state index contributed by atoms with van der Waals surface area (Å²) in [6, 6.07) is 14.2. The predicted octanol–water partition coefficient (Wildman–Crippen LogP) is 1.91. The lowest BCUT2D eigenvalue weighted by atomic mass is 10.3. The third-order valence-corrected chi connectivity index (χ3v) is 3.45. The summed E-state index contributed by atoms with van der Waals surface area (Å²) in [5, 5.41) is 21.5. The molecule has 2 aromatic heterocycles. The van der Waals surface area contributed by atoms with Gasteiger partial charge in [-0.2, -0.15) is 4.68 Å². The van der Waals surface area contributed by atoms with E-state index in [9.17, 15) is 4.79 Å². The number of carboxylic acid groups (broad SMARTS) is 1. The summed E-state index contributed by atoms with van der Waals surface area (Å²) < 4.78 is 1.57. The highest BCUT2D eigenvalue weighted by atomic mass is 32.2. The van der Waals surface area contributed by atoms with Gasteiger partial charge in [0.1, 0.15) is 10.7 Å². The van der Waals surface area contributed by atoms with Gasteiger partial charge in [0.25, 0.3) is 0 Å². The minimum Gasteiger partial charge on any atom is -0.477 e. The monoisotopic (exact) mass is 299 g/mol. The number of para-hydroxylation sites is 1. The molecule has 0 fully saturated rings. The second-order valence-corrected chi connectivity index (χ2v) is 4.96. The molecule has 0 saturated carbocycles. The number of carbonyl (C=O) groups is 1. The smallest absolute Gasteiger partial charge is 0.354 e. The molecule has 3 aromatic rings. The van der Waals surface area contributed by atoms with Crippen molar-refractivity contribution in [3.8, 4) is 5.69 Å². The van der Waals surface area contributed by atoms with Crippen molar-refractivity contribution in [1.82, 2.24) is 25.2 Å². The van der Waals surface area contributed by atoms with Crippen LogP contribution in [0.5, 0.6) is 0 Å². The maximum atomic E-state index is 10.9. The minimum absolute atomic E-state index is 0.0151. The Morgan fingerprint density at radius 1 is 1.10 bits per heavy atom. The first-order valence-electron chi connectivity index (χ1n) is 5.96. The van der Waals surface area contributed by atoms with Crippen molar-refractivity contribution in [3.05, 3.63) is 54.2 Å². The van der Waals surface area contributed by atoms with E-state index in [2.05, 4.69) is 20.5 Å². The summed E-state index contributed by atoms with van der Waals surface area (Å²) in [7, 11) is 0. The second-order valence-electron chi connectivity index (χ2n) is 3.98. The molecule has 21 heavy (non-hydrogen) atoms. The van der Waals surface area contributed by atoms with Gasteiger partial charge in [-0.3, -0.25) is 0 Å². The Morgan fingerprint density at radius 3 is 2.67 bits per heavy atom. The van der Waals surface area contributed by atoms with Gasteiger partial charge < -0.3 is 5.11 Å². The van der Waals surface area contributed by atoms with E-state index in [1.807, 2.05) is 30.3 Å². The Bertz CT molecular complexity index is 775. The van der Waals surface area contributed by atoms with Gasteiger partial charge >= 0.3 is 5.97 Å². The first-order valence-corrected chi connectivity index (χ1v) is 6.78. The van der Waals surface area contributed by atoms with Crippen molar-refractivity contribution in [2.24, 2.45) is 0 Å². The highest BCUT2D eigenvalue weighted by Gasteiger charge is 2.12. The van der Waals surface area contributed by atoms with Crippen molar-refractivity contribution >= 4 is 17.7 Å². The maximum Gasteiger partial charge on any atom is 0.354 e. The summed E-state index contributed by atoms with van der Waals surface area (Å²) >= 11 is 1.20. The van der Waals surface area contributed by atoms with Gasteiger partial charge in [-0.1, -0.05) is 24.3 Å². The van der Waals surface area contributed by atoms with E-state index in [0.717, 1.165) is 5.69 Å². The van der Waals surface area contributed by atoms with Crippen molar-refractivity contribution in [3.63, 3.8) is 0 Å². The van der Waals surface area contributed by atoms with Crippen LogP contribution in [0, 0.1) is 0 Å². The Hall–Kier alpha value is -2.74. The molecular weight excluding hydrogens is 290 g/mol. The molecule has 1 N–H and O–H groups in total. The topological polar surface area (TPSA) is 93.8 Å². The molecule has 0 aliphatic carbocycles. The maximum absolute atomic E-state index is 10.9. The zero-order chi connectivity index (χ0) is 14.7. The largest absolute Gasteiger partial charge is 0.477 e. The van der Waals surface area contributed by atoms with E-state index >= 15 is 0 Å². The lowest BCUT2D eigenvalue weighted by molar-refractivity contribution is 0.0689. The standard InChI is InChI=1S/C13H9N5O2S/c19-12(20)10-7-4-8-11(14-10)21-13-15-16-17-18(13)9-5-2-1-3-6-9/h1-8H,(H,19,20). The van der Waals surface area contributed by atoms with Crippen LogP contribution in [-0.2, 0) is 0 Å². The van der Waals surface area contributed by atoms with E-state index < -0.39 is 5.97 Å². The fourth-order valence-corrected chi connectivity index (χ4v) is 2.44. The lowest BCUT2D eigenvalue weighted by Crippen LogP contribution is -2.01. The van der Waals surface area contributed by atoms with Crippen LogP contribution in [0.1, 0.15) is 10.5 Å². The van der Waals surface area contributed by atoms with Crippen LogP contribution >= 0.6 is 11.8 Å². The third kappa shape index (κ3) is 2.90. The van der Waals surface area contributed by atoms with Gasteiger partial charge in [0.2, 0.25) is 5.16 Å². The van der Waals surface area contributed by atoms with E-state index in [1.165, 1.54) is 17.8 Å². The number of rotatable bonds is 4. The normalized spacial score (nSPS) is 10.5. The molecule has 8 heteroatoms. The van der Waals surface area contributed by atoms with Gasteiger partial charge in [0, 0.05) is 0 Å². The van der Waals surface area contributed by atoms with Gasteiger partial charge in [0.05, 0.1) is 5.69 Å². The number of hydrogen-bond donors (Lipinski definition) is 1. The molecule has 3 rings (SSSR count). The van der Waals surface area contributed by atoms with Gasteiger partial charge in [-0.05, 0) is 46.5 Å². The molecule has 0 unspecified atom stereocenters. The van der Waals surface area contributed by atoms with E-state index in [4.69, 9.17) is 5.11 Å². The number of aromatic carboxylic acids is 1. The molecule has 0 amide bonds. The van der Waals surface area contributed by atoms with Crippen LogP contribution in [0.2, 0.25) is 0 Å². The SMILES string of the molecule is O=C(O)c1cccc(Sc2nnnn2-c2ccccc2)n1. The highest BCUT2D eigenvalue weighted by Crippen LogP contribution is 2.25. The van der Waals surface area contributed by atoms with Crippen LogP contribution in [0.3, 0.4) is 0 Å². The molecule has 0 atom stereocenters. The fourth-order valence-electron chi connectivity index (χ4n) is 1.66.